The summed E-state index contributed by atoms with van der Waals surface area (Å²) in [5, 5.41) is 23.5. The van der Waals surface area contributed by atoms with Crippen molar-refractivity contribution < 1.29 is 5.11 Å². The van der Waals surface area contributed by atoms with Gasteiger partial charge in [0.25, 0.3) is 0 Å². The summed E-state index contributed by atoms with van der Waals surface area (Å²) < 4.78 is 0. The molecule has 1 saturated heterocycles. The highest BCUT2D eigenvalue weighted by Crippen LogP contribution is 2.28. The van der Waals surface area contributed by atoms with Gasteiger partial charge in [0.05, 0.1) is 5.02 Å². The number of piperidine rings is 1. The van der Waals surface area contributed by atoms with Gasteiger partial charge in [0.2, 0.25) is 17.8 Å². The predicted octanol–water partition coefficient (Wildman–Crippen LogP) is 4.27. The number of rotatable bonds is 6. The highest BCUT2D eigenvalue weighted by molar-refractivity contribution is 6.32. The lowest BCUT2D eigenvalue weighted by Gasteiger charge is -2.24. The molecule has 2 aliphatic rings. The molecule has 0 amide bonds. The van der Waals surface area contributed by atoms with Crippen LogP contribution < -0.4 is 21.3 Å². The summed E-state index contributed by atoms with van der Waals surface area (Å²) in [5.74, 6) is 1.64. The summed E-state index contributed by atoms with van der Waals surface area (Å²) in [6.45, 7) is 1.99. The van der Waals surface area contributed by atoms with E-state index in [1.54, 1.807) is 18.2 Å². The van der Waals surface area contributed by atoms with E-state index < -0.39 is 0 Å². The van der Waals surface area contributed by atoms with Crippen molar-refractivity contribution in [2.45, 2.75) is 63.5 Å². The van der Waals surface area contributed by atoms with Gasteiger partial charge in [-0.15, -0.1) is 0 Å². The van der Waals surface area contributed by atoms with Crippen molar-refractivity contribution in [3.63, 3.8) is 0 Å². The molecule has 1 aromatic carbocycles. The third kappa shape index (κ3) is 5.86. The number of nitrogens with one attached hydrogen (secondary N) is 4. The number of aromatic nitrogens is 3. The van der Waals surface area contributed by atoms with Gasteiger partial charge in [-0.3, -0.25) is 0 Å². The Morgan fingerprint density at radius 3 is 2.07 bits per heavy atom. The van der Waals surface area contributed by atoms with Gasteiger partial charge in [-0.1, -0.05) is 37.3 Å². The molecular weight excluding hydrogens is 402 g/mol. The van der Waals surface area contributed by atoms with E-state index in [0.717, 1.165) is 38.8 Å². The van der Waals surface area contributed by atoms with E-state index in [4.69, 9.17) is 11.6 Å². The average Bonchev–Trinajstić information content (AvgIpc) is 3.00. The zero-order chi connectivity index (χ0) is 20.8. The SMILES string of the molecule is Oc1ccc(Nc2nc(NC3CCCCCC3)nc(NC3CCNCC3)n2)cc1Cl. The van der Waals surface area contributed by atoms with Gasteiger partial charge in [0, 0.05) is 17.8 Å². The first-order valence-corrected chi connectivity index (χ1v) is 11.3. The molecule has 1 aromatic heterocycles. The van der Waals surface area contributed by atoms with E-state index in [-0.39, 0.29) is 10.8 Å². The highest BCUT2D eigenvalue weighted by atomic mass is 35.5. The monoisotopic (exact) mass is 431 g/mol. The minimum Gasteiger partial charge on any atom is -0.506 e. The van der Waals surface area contributed by atoms with Crippen LogP contribution >= 0.6 is 11.6 Å². The Bertz CT molecular complexity index is 836. The first-order valence-electron chi connectivity index (χ1n) is 10.9. The Morgan fingerprint density at radius 2 is 1.43 bits per heavy atom. The number of aromatic hydroxyl groups is 1. The van der Waals surface area contributed by atoms with Crippen molar-refractivity contribution in [2.24, 2.45) is 0 Å². The lowest BCUT2D eigenvalue weighted by Crippen LogP contribution is -2.36. The molecule has 30 heavy (non-hydrogen) atoms. The molecule has 4 rings (SSSR count). The Morgan fingerprint density at radius 1 is 0.833 bits per heavy atom. The second kappa shape index (κ2) is 10.1. The highest BCUT2D eigenvalue weighted by Gasteiger charge is 2.18. The summed E-state index contributed by atoms with van der Waals surface area (Å²) in [5.41, 5.74) is 0.706. The molecule has 8 nitrogen and oxygen atoms in total. The molecule has 1 aliphatic heterocycles. The number of benzene rings is 1. The number of anilines is 4. The molecule has 0 spiro atoms. The molecule has 0 unspecified atom stereocenters. The molecule has 5 N–H and O–H groups in total. The first-order chi connectivity index (χ1) is 14.7. The maximum Gasteiger partial charge on any atom is 0.233 e. The number of hydrogen-bond donors (Lipinski definition) is 5. The molecule has 0 bridgehead atoms. The second-order valence-corrected chi connectivity index (χ2v) is 8.51. The smallest absolute Gasteiger partial charge is 0.233 e. The van der Waals surface area contributed by atoms with Crippen molar-refractivity contribution in [3.8, 4) is 5.75 Å². The van der Waals surface area contributed by atoms with E-state index in [0.29, 0.717) is 35.6 Å². The molecule has 0 radical (unpaired) electrons. The minimum absolute atomic E-state index is 0.0434. The van der Waals surface area contributed by atoms with Crippen molar-refractivity contribution in [1.29, 1.82) is 0 Å². The third-order valence-electron chi connectivity index (χ3n) is 5.70. The quantitative estimate of drug-likeness (QED) is 0.341. The topological polar surface area (TPSA) is 107 Å². The summed E-state index contributed by atoms with van der Waals surface area (Å²) in [6, 6.07) is 5.67. The van der Waals surface area contributed by atoms with Crippen LogP contribution in [0, 0.1) is 0 Å². The Hall–Kier alpha value is -2.32. The fourth-order valence-electron chi connectivity index (χ4n) is 4.03. The second-order valence-electron chi connectivity index (χ2n) is 8.10. The van der Waals surface area contributed by atoms with Crippen LogP contribution in [0.25, 0.3) is 0 Å². The Labute approximate surface area is 182 Å². The summed E-state index contributed by atoms with van der Waals surface area (Å²) in [6.07, 6.45) is 9.41. The van der Waals surface area contributed by atoms with Gasteiger partial charge in [-0.05, 0) is 57.0 Å². The molecule has 2 heterocycles. The van der Waals surface area contributed by atoms with Crippen molar-refractivity contribution >= 4 is 35.1 Å². The molecular formula is C21H30ClN7O. The summed E-state index contributed by atoms with van der Waals surface area (Å²) in [4.78, 5) is 13.8. The fourth-order valence-corrected chi connectivity index (χ4v) is 4.21. The molecule has 1 saturated carbocycles. The molecule has 0 atom stereocenters. The molecule has 2 aromatic rings. The van der Waals surface area contributed by atoms with E-state index in [9.17, 15) is 5.11 Å². The van der Waals surface area contributed by atoms with E-state index in [1.165, 1.54) is 25.7 Å². The van der Waals surface area contributed by atoms with Crippen LogP contribution in [-0.2, 0) is 0 Å². The van der Waals surface area contributed by atoms with Crippen molar-refractivity contribution in [3.05, 3.63) is 23.2 Å². The number of phenols is 1. The van der Waals surface area contributed by atoms with Gasteiger partial charge in [-0.25, -0.2) is 0 Å². The number of phenolic OH excluding ortho intramolecular Hbond substituents is 1. The number of hydrogen-bond acceptors (Lipinski definition) is 8. The molecule has 1 aliphatic carbocycles. The van der Waals surface area contributed by atoms with Crippen LogP contribution in [0.5, 0.6) is 5.75 Å². The zero-order valence-electron chi connectivity index (χ0n) is 17.1. The van der Waals surface area contributed by atoms with E-state index in [2.05, 4.69) is 36.2 Å². The van der Waals surface area contributed by atoms with Gasteiger partial charge in [-0.2, -0.15) is 15.0 Å². The van der Waals surface area contributed by atoms with Crippen molar-refractivity contribution in [2.75, 3.05) is 29.0 Å². The molecule has 162 valence electrons. The van der Waals surface area contributed by atoms with Gasteiger partial charge >= 0.3 is 0 Å². The van der Waals surface area contributed by atoms with Gasteiger partial charge in [0.15, 0.2) is 0 Å². The largest absolute Gasteiger partial charge is 0.506 e. The zero-order valence-corrected chi connectivity index (χ0v) is 17.9. The normalized spacial score (nSPS) is 18.6. The van der Waals surface area contributed by atoms with E-state index in [1.807, 2.05) is 0 Å². The maximum absolute atomic E-state index is 9.66. The van der Waals surface area contributed by atoms with Crippen LogP contribution in [0.3, 0.4) is 0 Å². The van der Waals surface area contributed by atoms with Crippen LogP contribution in [0.2, 0.25) is 5.02 Å². The van der Waals surface area contributed by atoms with Crippen molar-refractivity contribution in [1.82, 2.24) is 20.3 Å². The minimum atomic E-state index is 0.0434. The standard InChI is InChI=1S/C21H30ClN7O/c22-17-13-16(7-8-18(17)30)26-21-28-19(24-14-5-3-1-2-4-6-14)27-20(29-21)25-15-9-11-23-12-10-15/h7-8,13-15,23,30H,1-6,9-12H2,(H3,24,25,26,27,28,29). The van der Waals surface area contributed by atoms with Crippen LogP contribution in [-0.4, -0.2) is 45.2 Å². The average molecular weight is 432 g/mol. The molecule has 9 heteroatoms. The summed E-state index contributed by atoms with van der Waals surface area (Å²) in [7, 11) is 0. The Kier molecular flexibility index (Phi) is 7.07. The van der Waals surface area contributed by atoms with Gasteiger partial charge < -0.3 is 26.4 Å². The van der Waals surface area contributed by atoms with Crippen LogP contribution in [0.4, 0.5) is 23.5 Å². The number of nitrogens with zero attached hydrogens (tertiary/aromatic N) is 3. The third-order valence-corrected chi connectivity index (χ3v) is 6.00. The lowest BCUT2D eigenvalue weighted by molar-refractivity contribution is 0.475. The van der Waals surface area contributed by atoms with E-state index >= 15 is 0 Å². The van der Waals surface area contributed by atoms with Gasteiger partial charge in [0.1, 0.15) is 5.75 Å². The van der Waals surface area contributed by atoms with Crippen LogP contribution in [0.15, 0.2) is 18.2 Å². The predicted molar refractivity (Wildman–Crippen MR) is 121 cm³/mol. The van der Waals surface area contributed by atoms with Crippen LogP contribution in [0.1, 0.15) is 51.4 Å². The maximum atomic E-state index is 9.66. The lowest BCUT2D eigenvalue weighted by atomic mass is 10.1. The summed E-state index contributed by atoms with van der Waals surface area (Å²) >= 11 is 6.04. The Balaban J connectivity index is 1.54. The number of halogens is 1. The molecule has 2 fully saturated rings. The fraction of sp³-hybridized carbons (Fsp3) is 0.571. The first kappa shape index (κ1) is 20.9.